The molecule has 2 aliphatic rings. The number of anilines is 1. The first-order valence-electron chi connectivity index (χ1n) is 14.6. The average Bonchev–Trinajstić information content (AvgIpc) is 3.78. The lowest BCUT2D eigenvalue weighted by Gasteiger charge is -2.32. The minimum atomic E-state index is 0.291. The Bertz CT molecular complexity index is 1330. The highest BCUT2D eigenvalue weighted by Gasteiger charge is 2.31. The first kappa shape index (κ1) is 31.9. The van der Waals surface area contributed by atoms with Gasteiger partial charge in [-0.3, -0.25) is 10.2 Å². The van der Waals surface area contributed by atoms with Crippen molar-refractivity contribution in [3.05, 3.63) is 67.0 Å². The molecule has 4 aromatic heterocycles. The molecule has 4 aromatic rings. The molecule has 2 fully saturated rings. The van der Waals surface area contributed by atoms with Crippen LogP contribution in [0.1, 0.15) is 100 Å². The van der Waals surface area contributed by atoms with Gasteiger partial charge in [-0.05, 0) is 68.9 Å². The highest BCUT2D eigenvalue weighted by molar-refractivity contribution is 7.17. The van der Waals surface area contributed by atoms with Crippen LogP contribution in [-0.2, 0) is 23.7 Å². The van der Waals surface area contributed by atoms with Crippen LogP contribution in [0.15, 0.2) is 36.4 Å². The van der Waals surface area contributed by atoms with E-state index in [2.05, 4.69) is 46.4 Å². The van der Waals surface area contributed by atoms with Crippen molar-refractivity contribution in [2.75, 3.05) is 12.8 Å². The summed E-state index contributed by atoms with van der Waals surface area (Å²) in [4.78, 5) is 1.34. The molecular formula is C31H43Cl2N5OS2. The number of H-pyrrole nitrogens is 2. The zero-order valence-electron chi connectivity index (χ0n) is 24.4. The van der Waals surface area contributed by atoms with E-state index in [1.54, 1.807) is 18.4 Å². The van der Waals surface area contributed by atoms with E-state index in [1.807, 2.05) is 24.3 Å². The second-order valence-electron chi connectivity index (χ2n) is 11.7. The molecule has 0 spiro atoms. The van der Waals surface area contributed by atoms with E-state index in [-0.39, 0.29) is 0 Å². The molecule has 41 heavy (non-hydrogen) atoms. The number of rotatable bonds is 6. The number of nitrogens with two attached hydrogens (primary N) is 1. The summed E-state index contributed by atoms with van der Waals surface area (Å²) in [6.45, 7) is 4.67. The molecule has 10 heteroatoms. The van der Waals surface area contributed by atoms with Crippen LogP contribution < -0.4 is 10.5 Å². The number of nitrogen functional groups attached to an aromatic ring is 1. The molecule has 0 saturated heterocycles. The molecule has 0 bridgehead atoms. The third kappa shape index (κ3) is 9.24. The Morgan fingerprint density at radius 3 is 1.95 bits per heavy atom. The summed E-state index contributed by atoms with van der Waals surface area (Å²) >= 11 is 14.6. The van der Waals surface area contributed by atoms with Crippen molar-refractivity contribution in [2.45, 2.75) is 102 Å². The van der Waals surface area contributed by atoms with Crippen molar-refractivity contribution in [3.8, 4) is 5.06 Å². The number of aryl methyl sites for hydroxylation is 2. The third-order valence-corrected chi connectivity index (χ3v) is 10.9. The maximum atomic E-state index is 5.96. The number of ether oxygens (including phenoxy) is 1. The summed E-state index contributed by atoms with van der Waals surface area (Å²) in [5, 5.41) is 15.7. The molecule has 224 valence electrons. The number of methoxy groups -OCH3 is 1. The number of aromatic nitrogens is 4. The van der Waals surface area contributed by atoms with Crippen molar-refractivity contribution in [3.63, 3.8) is 0 Å². The Morgan fingerprint density at radius 2 is 1.44 bits per heavy atom. The topological polar surface area (TPSA) is 92.6 Å². The van der Waals surface area contributed by atoms with Gasteiger partial charge in [-0.15, -0.1) is 11.3 Å². The minimum absolute atomic E-state index is 0.291. The van der Waals surface area contributed by atoms with Crippen LogP contribution in [0.4, 0.5) is 5.82 Å². The van der Waals surface area contributed by atoms with Crippen molar-refractivity contribution in [1.82, 2.24) is 20.4 Å². The molecule has 2 aliphatic carbocycles. The predicted octanol–water partition coefficient (Wildman–Crippen LogP) is 9.76. The smallest absolute Gasteiger partial charge is 0.174 e. The highest BCUT2D eigenvalue weighted by Crippen LogP contribution is 2.39. The van der Waals surface area contributed by atoms with Gasteiger partial charge in [0.1, 0.15) is 5.82 Å². The van der Waals surface area contributed by atoms with Crippen molar-refractivity contribution >= 4 is 51.7 Å². The quantitative estimate of drug-likeness (QED) is 0.196. The first-order chi connectivity index (χ1) is 19.7. The van der Waals surface area contributed by atoms with Crippen LogP contribution in [0.25, 0.3) is 0 Å². The van der Waals surface area contributed by atoms with Crippen molar-refractivity contribution in [2.24, 2.45) is 0 Å². The Balaban J connectivity index is 0.000000158. The largest absolute Gasteiger partial charge is 0.487 e. The van der Waals surface area contributed by atoms with Gasteiger partial charge in [-0.2, -0.15) is 10.2 Å². The van der Waals surface area contributed by atoms with E-state index in [1.165, 1.54) is 97.5 Å². The number of hydrogen-bond donors (Lipinski definition) is 3. The standard InChI is InChI=1S/C16H21ClN2S.C10H17N3.C5H5ClOS/c1-16(9-3-2-4-10-16)14-11-12(18-19-14)5-6-13-7-8-15(17)20-13;1-10(5-3-2-4-6-10)8-7-9(11)13-12-8;1-7-5-3-2-4(6)8-5/h7-8,11H,2-6,9-10H2,1H3,(H,18,19);7H,2-6H2,1H3,(H3,11,12,13);2-3H,1H3. The number of thiophene rings is 2. The van der Waals surface area contributed by atoms with Crippen LogP contribution in [0.2, 0.25) is 8.67 Å². The van der Waals surface area contributed by atoms with Crippen LogP contribution in [0.5, 0.6) is 5.06 Å². The summed E-state index contributed by atoms with van der Waals surface area (Å²) < 4.78 is 6.51. The van der Waals surface area contributed by atoms with Crippen molar-refractivity contribution in [1.29, 1.82) is 0 Å². The van der Waals surface area contributed by atoms with E-state index in [0.717, 1.165) is 26.6 Å². The zero-order valence-corrected chi connectivity index (χ0v) is 27.5. The van der Waals surface area contributed by atoms with Crippen molar-refractivity contribution < 1.29 is 4.74 Å². The van der Waals surface area contributed by atoms with Gasteiger partial charge in [0, 0.05) is 33.2 Å². The van der Waals surface area contributed by atoms with E-state index in [0.29, 0.717) is 16.6 Å². The van der Waals surface area contributed by atoms with Gasteiger partial charge in [0.15, 0.2) is 5.06 Å². The lowest BCUT2D eigenvalue weighted by molar-refractivity contribution is 0.312. The monoisotopic (exact) mass is 635 g/mol. The highest BCUT2D eigenvalue weighted by atomic mass is 35.5. The molecule has 6 rings (SSSR count). The zero-order chi connectivity index (χ0) is 29.3. The molecule has 6 nitrogen and oxygen atoms in total. The Morgan fingerprint density at radius 1 is 0.805 bits per heavy atom. The molecule has 4 N–H and O–H groups in total. The molecule has 2 saturated carbocycles. The van der Waals surface area contributed by atoms with Gasteiger partial charge in [0.2, 0.25) is 0 Å². The SMILES string of the molecule is CC1(c2cc(CCc3ccc(Cl)s3)[nH]n2)CCCCC1.CC1(c2cc(N)n[nH]2)CCCCC1.COc1ccc(Cl)s1. The van der Waals surface area contributed by atoms with Gasteiger partial charge in [-0.25, -0.2) is 0 Å². The molecule has 4 heterocycles. The summed E-state index contributed by atoms with van der Waals surface area (Å²) in [7, 11) is 1.63. The maximum Gasteiger partial charge on any atom is 0.174 e. The van der Waals surface area contributed by atoms with E-state index >= 15 is 0 Å². The summed E-state index contributed by atoms with van der Waals surface area (Å²) in [5.74, 6) is 0.613. The summed E-state index contributed by atoms with van der Waals surface area (Å²) in [6.07, 6.45) is 15.2. The number of halogens is 2. The van der Waals surface area contributed by atoms with Gasteiger partial charge in [0.05, 0.1) is 21.5 Å². The normalized spacial score (nSPS) is 17.6. The van der Waals surface area contributed by atoms with Crippen LogP contribution in [-0.4, -0.2) is 27.5 Å². The fourth-order valence-corrected chi connectivity index (χ4v) is 7.71. The second kappa shape index (κ2) is 14.9. The van der Waals surface area contributed by atoms with E-state index in [9.17, 15) is 0 Å². The Kier molecular flexibility index (Phi) is 11.6. The predicted molar refractivity (Wildman–Crippen MR) is 175 cm³/mol. The molecule has 0 atom stereocenters. The van der Waals surface area contributed by atoms with Gasteiger partial charge in [0.25, 0.3) is 0 Å². The number of hydrogen-bond acceptors (Lipinski definition) is 6. The van der Waals surface area contributed by atoms with Gasteiger partial charge < -0.3 is 10.5 Å². The molecule has 0 aromatic carbocycles. The summed E-state index contributed by atoms with van der Waals surface area (Å²) in [6, 6.07) is 12.0. The lowest BCUT2D eigenvalue weighted by Crippen LogP contribution is -2.25. The molecule has 0 amide bonds. The average molecular weight is 637 g/mol. The first-order valence-corrected chi connectivity index (χ1v) is 17.0. The molecule has 0 aliphatic heterocycles. The van der Waals surface area contributed by atoms with Crippen LogP contribution >= 0.6 is 45.9 Å². The number of aromatic amines is 2. The second-order valence-corrected chi connectivity index (χ2v) is 15.2. The Labute approximate surface area is 262 Å². The van der Waals surface area contributed by atoms with Crippen LogP contribution in [0.3, 0.4) is 0 Å². The van der Waals surface area contributed by atoms with E-state index < -0.39 is 0 Å². The van der Waals surface area contributed by atoms with E-state index in [4.69, 9.17) is 33.7 Å². The van der Waals surface area contributed by atoms with Gasteiger partial charge in [-0.1, -0.05) is 86.9 Å². The molecule has 0 unspecified atom stereocenters. The number of nitrogens with one attached hydrogen (secondary N) is 2. The fraction of sp³-hybridized carbons (Fsp3) is 0.548. The minimum Gasteiger partial charge on any atom is -0.487 e. The fourth-order valence-electron chi connectivity index (χ4n) is 5.79. The summed E-state index contributed by atoms with van der Waals surface area (Å²) in [5.41, 5.74) is 9.91. The Hall–Kier alpha value is -2.00. The molecule has 0 radical (unpaired) electrons. The lowest BCUT2D eigenvalue weighted by atomic mass is 9.73. The van der Waals surface area contributed by atoms with Gasteiger partial charge >= 0.3 is 0 Å². The third-order valence-electron chi connectivity index (χ3n) is 8.43. The number of nitrogens with zero attached hydrogens (tertiary/aromatic N) is 2. The maximum absolute atomic E-state index is 5.96. The molecular weight excluding hydrogens is 593 g/mol. The van der Waals surface area contributed by atoms with Crippen LogP contribution in [0, 0.1) is 0 Å².